The number of hydrogen-bond acceptors (Lipinski definition) is 4. The van der Waals surface area contributed by atoms with E-state index < -0.39 is 5.72 Å². The van der Waals surface area contributed by atoms with Crippen LogP contribution in [0.4, 0.5) is 5.69 Å². The molecule has 0 unspecified atom stereocenters. The Labute approximate surface area is 129 Å². The van der Waals surface area contributed by atoms with Crippen LogP contribution in [0, 0.1) is 0 Å². The van der Waals surface area contributed by atoms with Gasteiger partial charge in [0.25, 0.3) is 0 Å². The Morgan fingerprint density at radius 1 is 1.10 bits per heavy atom. The van der Waals surface area contributed by atoms with Crippen LogP contribution in [-0.2, 0) is 0 Å². The SMILES string of the molecule is CSNc1ccc2c(c1)OC(C)(C)N=C2c1ccccc1. The minimum atomic E-state index is -0.559. The highest BCUT2D eigenvalue weighted by Crippen LogP contribution is 2.34. The van der Waals surface area contributed by atoms with Crippen molar-refractivity contribution >= 4 is 23.3 Å². The summed E-state index contributed by atoms with van der Waals surface area (Å²) in [5, 5.41) is 0. The van der Waals surface area contributed by atoms with Gasteiger partial charge in [0.2, 0.25) is 0 Å². The van der Waals surface area contributed by atoms with Gasteiger partial charge in [-0.15, -0.1) is 0 Å². The molecule has 0 aromatic heterocycles. The lowest BCUT2D eigenvalue weighted by molar-refractivity contribution is 0.115. The third-order valence-corrected chi connectivity index (χ3v) is 3.68. The molecular weight excluding hydrogens is 280 g/mol. The zero-order valence-electron chi connectivity index (χ0n) is 12.4. The molecule has 1 heterocycles. The summed E-state index contributed by atoms with van der Waals surface area (Å²) in [5.41, 5.74) is 3.60. The summed E-state index contributed by atoms with van der Waals surface area (Å²) in [6.07, 6.45) is 2.00. The molecule has 0 amide bonds. The average Bonchev–Trinajstić information content (AvgIpc) is 2.46. The van der Waals surface area contributed by atoms with Gasteiger partial charge in [-0.05, 0) is 26.0 Å². The van der Waals surface area contributed by atoms with Gasteiger partial charge in [0.1, 0.15) is 5.75 Å². The number of nitrogens with one attached hydrogen (secondary N) is 1. The molecule has 0 aliphatic carbocycles. The number of nitrogens with zero attached hydrogens (tertiary/aromatic N) is 1. The maximum absolute atomic E-state index is 6.02. The van der Waals surface area contributed by atoms with E-state index in [9.17, 15) is 0 Å². The van der Waals surface area contributed by atoms with E-state index in [1.807, 2.05) is 44.4 Å². The number of benzene rings is 2. The van der Waals surface area contributed by atoms with Crippen LogP contribution < -0.4 is 9.46 Å². The highest BCUT2D eigenvalue weighted by molar-refractivity contribution is 7.99. The molecule has 3 rings (SSSR count). The largest absolute Gasteiger partial charge is 0.466 e. The minimum Gasteiger partial charge on any atom is -0.466 e. The molecular formula is C17H18N2OS. The summed E-state index contributed by atoms with van der Waals surface area (Å²) in [6.45, 7) is 3.96. The molecule has 21 heavy (non-hydrogen) atoms. The number of rotatable bonds is 3. The van der Waals surface area contributed by atoms with E-state index in [2.05, 4.69) is 29.0 Å². The maximum Gasteiger partial charge on any atom is 0.195 e. The van der Waals surface area contributed by atoms with Crippen LogP contribution in [0.25, 0.3) is 0 Å². The van der Waals surface area contributed by atoms with Crippen LogP contribution in [0.5, 0.6) is 5.75 Å². The summed E-state index contributed by atoms with van der Waals surface area (Å²) in [7, 11) is 0. The third-order valence-electron chi connectivity index (χ3n) is 3.24. The number of hydrogen-bond donors (Lipinski definition) is 1. The quantitative estimate of drug-likeness (QED) is 0.856. The van der Waals surface area contributed by atoms with Crippen molar-refractivity contribution in [1.82, 2.24) is 0 Å². The average molecular weight is 298 g/mol. The van der Waals surface area contributed by atoms with Gasteiger partial charge in [-0.2, -0.15) is 0 Å². The smallest absolute Gasteiger partial charge is 0.195 e. The standard InChI is InChI=1S/C17H18N2OS/c1-17(2)18-16(12-7-5-4-6-8-12)14-10-9-13(19-21-3)11-15(14)20-17/h4-11,19H,1-3H3. The molecule has 0 fully saturated rings. The zero-order valence-corrected chi connectivity index (χ0v) is 13.2. The Bertz CT molecular complexity index is 680. The predicted molar refractivity (Wildman–Crippen MR) is 90.4 cm³/mol. The fraction of sp³-hybridized carbons (Fsp3) is 0.235. The maximum atomic E-state index is 6.02. The van der Waals surface area contributed by atoms with Gasteiger partial charge in [0.05, 0.1) is 5.71 Å². The molecule has 2 aromatic rings. The normalized spacial score (nSPS) is 15.7. The van der Waals surface area contributed by atoms with Crippen LogP contribution in [0.2, 0.25) is 0 Å². The molecule has 1 N–H and O–H groups in total. The van der Waals surface area contributed by atoms with Crippen LogP contribution in [-0.4, -0.2) is 17.7 Å². The molecule has 1 aliphatic rings. The Hall–Kier alpha value is -1.94. The number of fused-ring (bicyclic) bond motifs is 1. The Kier molecular flexibility index (Phi) is 3.64. The van der Waals surface area contributed by atoms with E-state index in [4.69, 9.17) is 9.73 Å². The van der Waals surface area contributed by atoms with Crippen molar-refractivity contribution in [1.29, 1.82) is 0 Å². The highest BCUT2D eigenvalue weighted by Gasteiger charge is 2.28. The van der Waals surface area contributed by atoms with Gasteiger partial charge in [0, 0.05) is 29.1 Å². The first kappa shape index (κ1) is 14.0. The van der Waals surface area contributed by atoms with E-state index in [1.165, 1.54) is 0 Å². The first-order valence-electron chi connectivity index (χ1n) is 6.87. The second-order valence-corrected chi connectivity index (χ2v) is 6.00. The lowest BCUT2D eigenvalue weighted by atomic mass is 9.99. The van der Waals surface area contributed by atoms with Crippen molar-refractivity contribution in [2.45, 2.75) is 19.6 Å². The van der Waals surface area contributed by atoms with E-state index >= 15 is 0 Å². The number of anilines is 1. The van der Waals surface area contributed by atoms with Crippen LogP contribution in [0.15, 0.2) is 53.5 Å². The van der Waals surface area contributed by atoms with Crippen molar-refractivity contribution in [3.63, 3.8) is 0 Å². The molecule has 4 heteroatoms. The lowest BCUT2D eigenvalue weighted by Gasteiger charge is -2.30. The third kappa shape index (κ3) is 2.90. The topological polar surface area (TPSA) is 33.6 Å². The second kappa shape index (κ2) is 5.45. The van der Waals surface area contributed by atoms with Gasteiger partial charge in [-0.25, -0.2) is 4.99 Å². The van der Waals surface area contributed by atoms with Crippen LogP contribution in [0.1, 0.15) is 25.0 Å². The first-order valence-corrected chi connectivity index (χ1v) is 8.09. The Morgan fingerprint density at radius 3 is 2.57 bits per heavy atom. The summed E-state index contributed by atoms with van der Waals surface area (Å²) in [4.78, 5) is 4.77. The van der Waals surface area contributed by atoms with Crippen molar-refractivity contribution in [3.05, 3.63) is 59.7 Å². The summed E-state index contributed by atoms with van der Waals surface area (Å²) in [5.74, 6) is 0.868. The number of aliphatic imine (C=N–C) groups is 1. The molecule has 0 spiro atoms. The fourth-order valence-electron chi connectivity index (χ4n) is 2.42. The molecule has 2 aromatic carbocycles. The molecule has 0 atom stereocenters. The first-order chi connectivity index (χ1) is 10.1. The summed E-state index contributed by atoms with van der Waals surface area (Å²) in [6, 6.07) is 16.4. The van der Waals surface area contributed by atoms with Gasteiger partial charge in [0.15, 0.2) is 5.72 Å². The molecule has 108 valence electrons. The molecule has 1 aliphatic heterocycles. The fourth-order valence-corrected chi connectivity index (χ4v) is 2.78. The van der Waals surface area contributed by atoms with E-state index in [-0.39, 0.29) is 0 Å². The Balaban J connectivity index is 2.11. The van der Waals surface area contributed by atoms with Gasteiger partial charge < -0.3 is 9.46 Å². The lowest BCUT2D eigenvalue weighted by Crippen LogP contribution is -2.32. The number of ether oxygens (including phenoxy) is 1. The van der Waals surface area contributed by atoms with Crippen molar-refractivity contribution < 1.29 is 4.74 Å². The monoisotopic (exact) mass is 298 g/mol. The van der Waals surface area contributed by atoms with Crippen LogP contribution >= 0.6 is 11.9 Å². The van der Waals surface area contributed by atoms with E-state index in [0.29, 0.717) is 0 Å². The highest BCUT2D eigenvalue weighted by atomic mass is 32.2. The van der Waals surface area contributed by atoms with Crippen molar-refractivity contribution in [3.8, 4) is 5.75 Å². The summed E-state index contributed by atoms with van der Waals surface area (Å²) >= 11 is 1.57. The van der Waals surface area contributed by atoms with Crippen LogP contribution in [0.3, 0.4) is 0 Å². The van der Waals surface area contributed by atoms with Crippen molar-refractivity contribution in [2.75, 3.05) is 11.0 Å². The predicted octanol–water partition coefficient (Wildman–Crippen LogP) is 4.34. The zero-order chi connectivity index (χ0) is 14.9. The van der Waals surface area contributed by atoms with Gasteiger partial charge in [-0.1, -0.05) is 42.3 Å². The van der Waals surface area contributed by atoms with Gasteiger partial charge >= 0.3 is 0 Å². The Morgan fingerprint density at radius 2 is 1.86 bits per heavy atom. The molecule has 0 radical (unpaired) electrons. The van der Waals surface area contributed by atoms with E-state index in [1.54, 1.807) is 11.9 Å². The van der Waals surface area contributed by atoms with Crippen molar-refractivity contribution in [2.24, 2.45) is 4.99 Å². The second-order valence-electron chi connectivity index (χ2n) is 5.39. The molecule has 0 saturated heterocycles. The summed E-state index contributed by atoms with van der Waals surface area (Å²) < 4.78 is 9.26. The molecule has 0 bridgehead atoms. The van der Waals surface area contributed by atoms with Gasteiger partial charge in [-0.3, -0.25) is 0 Å². The minimum absolute atomic E-state index is 0.559. The molecule has 3 nitrogen and oxygen atoms in total. The van der Waals surface area contributed by atoms with E-state index in [0.717, 1.165) is 28.3 Å². The molecule has 0 saturated carbocycles.